The minimum atomic E-state index is 0.190. The average molecular weight is 274 g/mol. The number of hydrogen-bond donors (Lipinski definition) is 1. The second-order valence-electron chi connectivity index (χ2n) is 4.56. The molecule has 1 N–H and O–H groups in total. The summed E-state index contributed by atoms with van der Waals surface area (Å²) in [5.41, 5.74) is 1.10. The smallest absolute Gasteiger partial charge is 0.227 e. The fourth-order valence-electron chi connectivity index (χ4n) is 2.04. The zero-order chi connectivity index (χ0) is 13.1. The lowest BCUT2D eigenvalue weighted by atomic mass is 10.1. The van der Waals surface area contributed by atoms with Gasteiger partial charge in [-0.3, -0.25) is 4.79 Å². The van der Waals surface area contributed by atoms with E-state index in [0.29, 0.717) is 6.42 Å². The molecule has 0 radical (unpaired) electrons. The molecule has 3 heterocycles. The topological polar surface area (TPSA) is 58.1 Å². The van der Waals surface area contributed by atoms with Crippen LogP contribution in [0, 0.1) is 0 Å². The zero-order valence-electron chi connectivity index (χ0n) is 10.3. The lowest BCUT2D eigenvalue weighted by Gasteiger charge is -2.39. The first kappa shape index (κ1) is 12.1. The SMILES string of the molecule is O=C(Cc1ccsc1)N1CC(Nc2cccnn2)C1. The summed E-state index contributed by atoms with van der Waals surface area (Å²) in [7, 11) is 0. The number of carbonyl (C=O) groups is 1. The molecule has 0 bridgehead atoms. The van der Waals surface area contributed by atoms with E-state index in [1.54, 1.807) is 17.5 Å². The van der Waals surface area contributed by atoms with Gasteiger partial charge in [-0.15, -0.1) is 5.10 Å². The van der Waals surface area contributed by atoms with Crippen LogP contribution in [0.2, 0.25) is 0 Å². The van der Waals surface area contributed by atoms with E-state index in [2.05, 4.69) is 15.5 Å². The van der Waals surface area contributed by atoms with Crippen LogP contribution in [0.3, 0.4) is 0 Å². The highest BCUT2D eigenvalue weighted by molar-refractivity contribution is 7.07. The molecule has 3 rings (SSSR count). The van der Waals surface area contributed by atoms with Crippen molar-refractivity contribution in [2.24, 2.45) is 0 Å². The molecule has 6 heteroatoms. The quantitative estimate of drug-likeness (QED) is 0.915. The molecule has 0 aromatic carbocycles. The summed E-state index contributed by atoms with van der Waals surface area (Å²) in [4.78, 5) is 13.8. The molecule has 0 unspecified atom stereocenters. The molecule has 1 fully saturated rings. The van der Waals surface area contributed by atoms with Gasteiger partial charge in [0.25, 0.3) is 0 Å². The van der Waals surface area contributed by atoms with Crippen LogP contribution in [0.25, 0.3) is 0 Å². The van der Waals surface area contributed by atoms with Crippen LogP contribution in [-0.4, -0.2) is 40.1 Å². The van der Waals surface area contributed by atoms with Crippen molar-refractivity contribution in [1.82, 2.24) is 15.1 Å². The van der Waals surface area contributed by atoms with Crippen LogP contribution in [0.1, 0.15) is 5.56 Å². The van der Waals surface area contributed by atoms with E-state index in [9.17, 15) is 4.79 Å². The first-order valence-corrected chi connectivity index (χ1v) is 7.08. The Morgan fingerprint density at radius 1 is 1.47 bits per heavy atom. The van der Waals surface area contributed by atoms with Crippen LogP contribution >= 0.6 is 11.3 Å². The summed E-state index contributed by atoms with van der Waals surface area (Å²) >= 11 is 1.62. The number of nitrogens with one attached hydrogen (secondary N) is 1. The minimum Gasteiger partial charge on any atom is -0.362 e. The van der Waals surface area contributed by atoms with Crippen molar-refractivity contribution in [3.8, 4) is 0 Å². The van der Waals surface area contributed by atoms with Crippen molar-refractivity contribution in [3.05, 3.63) is 40.7 Å². The highest BCUT2D eigenvalue weighted by atomic mass is 32.1. The summed E-state index contributed by atoms with van der Waals surface area (Å²) in [6, 6.07) is 6.00. The van der Waals surface area contributed by atoms with Crippen molar-refractivity contribution in [1.29, 1.82) is 0 Å². The third-order valence-electron chi connectivity index (χ3n) is 3.09. The van der Waals surface area contributed by atoms with Gasteiger partial charge in [-0.1, -0.05) is 0 Å². The predicted octanol–water partition coefficient (Wildman–Crippen LogP) is 1.40. The summed E-state index contributed by atoms with van der Waals surface area (Å²) in [6.07, 6.45) is 2.14. The highest BCUT2D eigenvalue weighted by Crippen LogP contribution is 2.15. The van der Waals surface area contributed by atoms with Gasteiger partial charge in [0, 0.05) is 19.3 Å². The fourth-order valence-corrected chi connectivity index (χ4v) is 2.71. The lowest BCUT2D eigenvalue weighted by molar-refractivity contribution is -0.134. The largest absolute Gasteiger partial charge is 0.362 e. The van der Waals surface area contributed by atoms with E-state index in [0.717, 1.165) is 24.5 Å². The Morgan fingerprint density at radius 3 is 3.05 bits per heavy atom. The van der Waals surface area contributed by atoms with Crippen LogP contribution in [-0.2, 0) is 11.2 Å². The predicted molar refractivity (Wildman–Crippen MR) is 74.0 cm³/mol. The molecule has 19 heavy (non-hydrogen) atoms. The lowest BCUT2D eigenvalue weighted by Crippen LogP contribution is -2.57. The maximum atomic E-state index is 12.0. The molecule has 98 valence electrons. The molecule has 1 aliphatic heterocycles. The zero-order valence-corrected chi connectivity index (χ0v) is 11.1. The number of amides is 1. The van der Waals surface area contributed by atoms with Crippen molar-refractivity contribution < 1.29 is 4.79 Å². The van der Waals surface area contributed by atoms with E-state index in [1.807, 2.05) is 33.9 Å². The number of thiophene rings is 1. The molecule has 5 nitrogen and oxygen atoms in total. The van der Waals surface area contributed by atoms with Crippen molar-refractivity contribution >= 4 is 23.1 Å². The minimum absolute atomic E-state index is 0.190. The molecule has 2 aromatic rings. The van der Waals surface area contributed by atoms with E-state index >= 15 is 0 Å². The van der Waals surface area contributed by atoms with Gasteiger partial charge in [0.15, 0.2) is 0 Å². The van der Waals surface area contributed by atoms with E-state index < -0.39 is 0 Å². The Labute approximate surface area is 115 Å². The monoisotopic (exact) mass is 274 g/mol. The summed E-state index contributed by atoms with van der Waals surface area (Å²) in [6.45, 7) is 1.47. The molecule has 1 amide bonds. The number of nitrogens with zero attached hydrogens (tertiary/aromatic N) is 3. The number of anilines is 1. The third kappa shape index (κ3) is 2.90. The molecule has 0 saturated carbocycles. The number of hydrogen-bond acceptors (Lipinski definition) is 5. The van der Waals surface area contributed by atoms with Crippen molar-refractivity contribution in [2.75, 3.05) is 18.4 Å². The number of aromatic nitrogens is 2. The fraction of sp³-hybridized carbons (Fsp3) is 0.308. The maximum absolute atomic E-state index is 12.0. The Balaban J connectivity index is 1.46. The summed E-state index contributed by atoms with van der Waals surface area (Å²) in [5.74, 6) is 0.952. The molecule has 0 atom stereocenters. The number of rotatable bonds is 4. The number of carbonyl (C=O) groups excluding carboxylic acids is 1. The van der Waals surface area contributed by atoms with E-state index in [-0.39, 0.29) is 11.9 Å². The Bertz CT molecular complexity index is 537. The second kappa shape index (κ2) is 5.36. The molecule has 0 spiro atoms. The highest BCUT2D eigenvalue weighted by Gasteiger charge is 2.30. The van der Waals surface area contributed by atoms with Gasteiger partial charge in [-0.25, -0.2) is 0 Å². The van der Waals surface area contributed by atoms with Gasteiger partial charge in [-0.05, 0) is 34.5 Å². The molecule has 1 saturated heterocycles. The Hall–Kier alpha value is -1.95. The summed E-state index contributed by atoms with van der Waals surface area (Å²) in [5, 5.41) is 15.1. The van der Waals surface area contributed by atoms with Crippen molar-refractivity contribution in [2.45, 2.75) is 12.5 Å². The number of likely N-dealkylation sites (tertiary alicyclic amines) is 1. The van der Waals surface area contributed by atoms with Gasteiger partial charge in [0.2, 0.25) is 5.91 Å². The molecular weight excluding hydrogens is 260 g/mol. The standard InChI is InChI=1S/C13H14N4OS/c18-13(6-10-3-5-19-9-10)17-7-11(8-17)15-12-2-1-4-14-16-12/h1-5,9,11H,6-8H2,(H,15,16). The van der Waals surface area contributed by atoms with Crippen LogP contribution in [0.4, 0.5) is 5.82 Å². The first-order chi connectivity index (χ1) is 9.31. The molecule has 0 aliphatic carbocycles. The maximum Gasteiger partial charge on any atom is 0.227 e. The Morgan fingerprint density at radius 2 is 2.37 bits per heavy atom. The van der Waals surface area contributed by atoms with Gasteiger partial charge in [0.1, 0.15) is 5.82 Å². The van der Waals surface area contributed by atoms with Crippen LogP contribution in [0.5, 0.6) is 0 Å². The summed E-state index contributed by atoms with van der Waals surface area (Å²) < 4.78 is 0. The van der Waals surface area contributed by atoms with E-state index in [4.69, 9.17) is 0 Å². The third-order valence-corrected chi connectivity index (χ3v) is 3.83. The van der Waals surface area contributed by atoms with Crippen LogP contribution < -0.4 is 5.32 Å². The molecular formula is C13H14N4OS. The van der Waals surface area contributed by atoms with Gasteiger partial charge >= 0.3 is 0 Å². The van der Waals surface area contributed by atoms with Crippen LogP contribution in [0.15, 0.2) is 35.2 Å². The first-order valence-electron chi connectivity index (χ1n) is 6.14. The average Bonchev–Trinajstić information content (AvgIpc) is 2.87. The normalized spacial score (nSPS) is 15.1. The van der Waals surface area contributed by atoms with Gasteiger partial charge < -0.3 is 10.2 Å². The molecule has 2 aromatic heterocycles. The Kier molecular flexibility index (Phi) is 3.41. The van der Waals surface area contributed by atoms with Gasteiger partial charge in [-0.2, -0.15) is 16.4 Å². The second-order valence-corrected chi connectivity index (χ2v) is 5.34. The van der Waals surface area contributed by atoms with E-state index in [1.165, 1.54) is 0 Å². The molecule has 1 aliphatic rings. The van der Waals surface area contributed by atoms with Gasteiger partial charge in [0.05, 0.1) is 12.5 Å². The van der Waals surface area contributed by atoms with Crippen molar-refractivity contribution in [3.63, 3.8) is 0 Å².